The Morgan fingerprint density at radius 2 is 2.11 bits per heavy atom. The molecular weight excluding hydrogens is 134 g/mol. The van der Waals surface area contributed by atoms with E-state index in [0.29, 0.717) is 18.6 Å². The number of rotatable bonds is 4. The molecule has 0 aromatic heterocycles. The van der Waals surface area contributed by atoms with Crippen LogP contribution in [0.5, 0.6) is 0 Å². The Labute approximate surface area is 56.1 Å². The Bertz CT molecular complexity index is 95.0. The highest BCUT2D eigenvalue weighted by molar-refractivity contribution is 6.65. The van der Waals surface area contributed by atoms with Crippen molar-refractivity contribution in [2.75, 3.05) is 6.54 Å². The molecule has 0 spiro atoms. The van der Waals surface area contributed by atoms with Crippen LogP contribution in [-0.2, 0) is 0 Å². The highest BCUT2D eigenvalue weighted by Gasteiger charge is 2.25. The summed E-state index contributed by atoms with van der Waals surface area (Å²) in [5.41, 5.74) is 5.13. The number of allylic oxidation sites excluding steroid dienone is 1. The van der Waals surface area contributed by atoms with Gasteiger partial charge in [0.25, 0.3) is 0 Å². The molecule has 0 fully saturated rings. The molecular formula is C5H13NO2Si. The van der Waals surface area contributed by atoms with Crippen LogP contribution in [-0.4, -0.2) is 24.7 Å². The van der Waals surface area contributed by atoms with Gasteiger partial charge < -0.3 is 15.3 Å². The topological polar surface area (TPSA) is 66.5 Å². The summed E-state index contributed by atoms with van der Waals surface area (Å²) in [4.78, 5) is 18.1. The molecule has 0 saturated heterocycles. The number of hydrogen-bond donors (Lipinski definition) is 3. The van der Waals surface area contributed by atoms with Crippen molar-refractivity contribution in [2.24, 2.45) is 5.73 Å². The fourth-order valence-electron chi connectivity index (χ4n) is 0.564. The standard InChI is InChI=1S/C5H13NO2Si/c1-2-4-9(7,8)5-3-6/h2,7-8H,1,3-6H2. The van der Waals surface area contributed by atoms with Crippen molar-refractivity contribution in [3.05, 3.63) is 12.7 Å². The highest BCUT2D eigenvalue weighted by Crippen LogP contribution is 2.05. The van der Waals surface area contributed by atoms with Crippen molar-refractivity contribution in [1.29, 1.82) is 0 Å². The van der Waals surface area contributed by atoms with Crippen LogP contribution in [0, 0.1) is 0 Å². The second kappa shape index (κ2) is 3.79. The zero-order chi connectivity index (χ0) is 7.33. The summed E-state index contributed by atoms with van der Waals surface area (Å²) in [6, 6.07) is 0.642. The van der Waals surface area contributed by atoms with Gasteiger partial charge in [-0.25, -0.2) is 0 Å². The van der Waals surface area contributed by atoms with Gasteiger partial charge in [-0.15, -0.1) is 6.58 Å². The minimum atomic E-state index is -2.95. The molecule has 54 valence electrons. The van der Waals surface area contributed by atoms with E-state index in [1.54, 1.807) is 0 Å². The van der Waals surface area contributed by atoms with Gasteiger partial charge in [0.15, 0.2) is 0 Å². The van der Waals surface area contributed by atoms with Crippen molar-refractivity contribution in [3.63, 3.8) is 0 Å². The lowest BCUT2D eigenvalue weighted by Crippen LogP contribution is -2.35. The first kappa shape index (κ1) is 8.84. The average molecular weight is 147 g/mol. The minimum absolute atomic E-state index is 0.310. The fourth-order valence-corrected chi connectivity index (χ4v) is 1.69. The fraction of sp³-hybridized carbons (Fsp3) is 0.600. The summed E-state index contributed by atoms with van der Waals surface area (Å²) in [5.74, 6) is 0. The molecule has 0 unspecified atom stereocenters. The SMILES string of the molecule is C=CC[Si](O)(O)CCN. The molecule has 4 heteroatoms. The van der Waals surface area contributed by atoms with Crippen molar-refractivity contribution < 1.29 is 9.59 Å². The van der Waals surface area contributed by atoms with Crippen LogP contribution in [0.15, 0.2) is 12.7 Å². The Balaban J connectivity index is 3.55. The minimum Gasteiger partial charge on any atom is -0.410 e. The van der Waals surface area contributed by atoms with Crippen LogP contribution in [0.2, 0.25) is 12.1 Å². The van der Waals surface area contributed by atoms with E-state index in [-0.39, 0.29) is 0 Å². The maximum atomic E-state index is 9.06. The maximum Gasteiger partial charge on any atom is 0.337 e. The molecule has 0 aromatic rings. The summed E-state index contributed by atoms with van der Waals surface area (Å²) < 4.78 is 0. The summed E-state index contributed by atoms with van der Waals surface area (Å²) in [5, 5.41) is 0. The normalized spacial score (nSPS) is 11.4. The van der Waals surface area contributed by atoms with E-state index in [1.807, 2.05) is 0 Å². The molecule has 9 heavy (non-hydrogen) atoms. The molecule has 0 bridgehead atoms. The van der Waals surface area contributed by atoms with Crippen LogP contribution >= 0.6 is 0 Å². The summed E-state index contributed by atoms with van der Waals surface area (Å²) in [7, 11) is -2.95. The van der Waals surface area contributed by atoms with Crippen LogP contribution in [0.4, 0.5) is 0 Å². The van der Waals surface area contributed by atoms with Crippen LogP contribution < -0.4 is 5.73 Å². The molecule has 3 nitrogen and oxygen atoms in total. The monoisotopic (exact) mass is 147 g/mol. The summed E-state index contributed by atoms with van der Waals surface area (Å²) in [6.45, 7) is 3.74. The van der Waals surface area contributed by atoms with Gasteiger partial charge in [-0.2, -0.15) is 0 Å². The van der Waals surface area contributed by atoms with Crippen LogP contribution in [0.3, 0.4) is 0 Å². The molecule has 0 aliphatic carbocycles. The van der Waals surface area contributed by atoms with E-state index >= 15 is 0 Å². The van der Waals surface area contributed by atoms with E-state index in [2.05, 4.69) is 6.58 Å². The van der Waals surface area contributed by atoms with Gasteiger partial charge in [-0.05, 0) is 6.54 Å². The third kappa shape index (κ3) is 4.35. The molecule has 0 atom stereocenters. The summed E-state index contributed by atoms with van der Waals surface area (Å²) in [6.07, 6.45) is 1.52. The predicted molar refractivity (Wildman–Crippen MR) is 39.1 cm³/mol. The second-order valence-corrected chi connectivity index (χ2v) is 4.89. The van der Waals surface area contributed by atoms with E-state index in [1.165, 1.54) is 6.08 Å². The molecule has 0 aliphatic rings. The first-order valence-electron chi connectivity index (χ1n) is 2.88. The molecule has 0 aliphatic heterocycles. The van der Waals surface area contributed by atoms with Crippen molar-refractivity contribution in [1.82, 2.24) is 0 Å². The molecule has 0 saturated carbocycles. The molecule has 0 amide bonds. The maximum absolute atomic E-state index is 9.06. The lowest BCUT2D eigenvalue weighted by molar-refractivity contribution is 0.364. The van der Waals surface area contributed by atoms with Gasteiger partial charge >= 0.3 is 8.56 Å². The van der Waals surface area contributed by atoms with E-state index in [0.717, 1.165) is 0 Å². The smallest absolute Gasteiger partial charge is 0.337 e. The lowest BCUT2D eigenvalue weighted by atomic mass is 10.8. The van der Waals surface area contributed by atoms with Crippen molar-refractivity contribution in [3.8, 4) is 0 Å². The van der Waals surface area contributed by atoms with E-state index < -0.39 is 8.56 Å². The molecule has 0 rings (SSSR count). The number of hydrogen-bond acceptors (Lipinski definition) is 3. The third-order valence-corrected chi connectivity index (χ3v) is 3.05. The van der Waals surface area contributed by atoms with Gasteiger partial charge in [-0.3, -0.25) is 0 Å². The van der Waals surface area contributed by atoms with Crippen molar-refractivity contribution in [2.45, 2.75) is 12.1 Å². The molecule has 0 heterocycles. The Morgan fingerprint density at radius 1 is 1.56 bits per heavy atom. The zero-order valence-electron chi connectivity index (χ0n) is 5.38. The Hall–Kier alpha value is -0.163. The lowest BCUT2D eigenvalue weighted by Gasteiger charge is -2.13. The van der Waals surface area contributed by atoms with Crippen molar-refractivity contribution >= 4 is 8.56 Å². The predicted octanol–water partition coefficient (Wildman–Crippen LogP) is -0.442. The third-order valence-electron chi connectivity index (χ3n) is 1.02. The molecule has 0 aromatic carbocycles. The molecule has 4 N–H and O–H groups in total. The second-order valence-electron chi connectivity index (χ2n) is 2.01. The van der Waals surface area contributed by atoms with E-state index in [9.17, 15) is 0 Å². The van der Waals surface area contributed by atoms with Gasteiger partial charge in [0.05, 0.1) is 0 Å². The van der Waals surface area contributed by atoms with Crippen LogP contribution in [0.1, 0.15) is 0 Å². The Morgan fingerprint density at radius 3 is 2.44 bits per heavy atom. The average Bonchev–Trinajstić information content (AvgIpc) is 1.64. The summed E-state index contributed by atoms with van der Waals surface area (Å²) >= 11 is 0. The highest BCUT2D eigenvalue weighted by atomic mass is 28.4. The van der Waals surface area contributed by atoms with Gasteiger partial charge in [0.2, 0.25) is 0 Å². The van der Waals surface area contributed by atoms with Crippen LogP contribution in [0.25, 0.3) is 0 Å². The van der Waals surface area contributed by atoms with E-state index in [4.69, 9.17) is 15.3 Å². The largest absolute Gasteiger partial charge is 0.410 e. The number of nitrogens with two attached hydrogens (primary N) is 1. The Kier molecular flexibility index (Phi) is 3.72. The molecule has 0 radical (unpaired) electrons. The first-order valence-corrected chi connectivity index (χ1v) is 5.19. The van der Waals surface area contributed by atoms with Gasteiger partial charge in [-0.1, -0.05) is 6.08 Å². The van der Waals surface area contributed by atoms with Gasteiger partial charge in [0, 0.05) is 12.1 Å². The van der Waals surface area contributed by atoms with Gasteiger partial charge in [0.1, 0.15) is 0 Å². The quantitative estimate of drug-likeness (QED) is 0.373. The first-order chi connectivity index (χ1) is 4.12. The zero-order valence-corrected chi connectivity index (χ0v) is 6.38.